The highest BCUT2D eigenvalue weighted by molar-refractivity contribution is 7.15. The Morgan fingerprint density at radius 1 is 1.27 bits per heavy atom. The number of nitrogens with one attached hydrogen (secondary N) is 2. The van der Waals surface area contributed by atoms with Gasteiger partial charge in [-0.25, -0.2) is 4.79 Å². The summed E-state index contributed by atoms with van der Waals surface area (Å²) in [6, 6.07) is 7.24. The van der Waals surface area contributed by atoms with Crippen LogP contribution in [0.5, 0.6) is 5.75 Å². The number of anilines is 1. The summed E-state index contributed by atoms with van der Waals surface area (Å²) >= 11 is 1.33. The molecule has 2 aromatic rings. The molecule has 0 unspecified atom stereocenters. The smallest absolute Gasteiger partial charge is 0.321 e. The van der Waals surface area contributed by atoms with Crippen molar-refractivity contribution >= 4 is 22.5 Å². The van der Waals surface area contributed by atoms with Crippen LogP contribution in [-0.2, 0) is 0 Å². The number of aryl methyl sites for hydroxylation is 1. The fourth-order valence-corrected chi connectivity index (χ4v) is 2.48. The number of aromatic nitrogens is 2. The van der Waals surface area contributed by atoms with Crippen LogP contribution in [0.2, 0.25) is 0 Å². The number of rotatable bonds is 5. The molecule has 118 valence electrons. The minimum absolute atomic E-state index is 0.113. The predicted molar refractivity (Wildman–Crippen MR) is 87.4 cm³/mol. The van der Waals surface area contributed by atoms with Crippen LogP contribution in [0.25, 0.3) is 0 Å². The van der Waals surface area contributed by atoms with Crippen LogP contribution in [0.3, 0.4) is 0 Å². The zero-order valence-electron chi connectivity index (χ0n) is 13.1. The molecule has 0 spiro atoms. The topological polar surface area (TPSA) is 76.1 Å². The van der Waals surface area contributed by atoms with E-state index < -0.39 is 0 Å². The van der Waals surface area contributed by atoms with Gasteiger partial charge in [0.05, 0.1) is 12.1 Å². The van der Waals surface area contributed by atoms with E-state index in [2.05, 4.69) is 20.8 Å². The molecular formula is C15H20N4O2S. The second-order valence-electron chi connectivity index (χ2n) is 5.19. The highest BCUT2D eigenvalue weighted by Gasteiger charge is 2.12. The second kappa shape index (κ2) is 7.22. The number of nitrogens with zero attached hydrogens (tertiary/aromatic N) is 2. The fraction of sp³-hybridized carbons (Fsp3) is 0.400. The normalized spacial score (nSPS) is 12.0. The van der Waals surface area contributed by atoms with Crippen molar-refractivity contribution in [2.75, 3.05) is 5.32 Å². The molecular weight excluding hydrogens is 300 g/mol. The van der Waals surface area contributed by atoms with E-state index >= 15 is 0 Å². The molecule has 0 aliphatic rings. The first-order valence-electron chi connectivity index (χ1n) is 7.08. The Balaban J connectivity index is 1.96. The molecule has 0 saturated carbocycles. The van der Waals surface area contributed by atoms with Gasteiger partial charge in [0.1, 0.15) is 10.8 Å². The fourth-order valence-electron chi connectivity index (χ4n) is 1.89. The van der Waals surface area contributed by atoms with Gasteiger partial charge in [0.2, 0.25) is 5.13 Å². The Hall–Kier alpha value is -2.15. The highest BCUT2D eigenvalue weighted by Crippen LogP contribution is 2.20. The highest BCUT2D eigenvalue weighted by atomic mass is 32.1. The Bertz CT molecular complexity index is 642. The van der Waals surface area contributed by atoms with E-state index in [1.807, 2.05) is 52.0 Å². The summed E-state index contributed by atoms with van der Waals surface area (Å²) in [5.41, 5.74) is 0.974. The van der Waals surface area contributed by atoms with Crippen LogP contribution >= 0.6 is 11.3 Å². The summed E-state index contributed by atoms with van der Waals surface area (Å²) in [6.45, 7) is 7.71. The molecule has 0 bridgehead atoms. The number of carbonyl (C=O) groups excluding carboxylic acids is 1. The SMILES string of the molecule is Cc1nnc(NC(=O)N[C@@H](C)c2cccc(OC(C)C)c2)s1. The summed E-state index contributed by atoms with van der Waals surface area (Å²) in [7, 11) is 0. The largest absolute Gasteiger partial charge is 0.491 e. The van der Waals surface area contributed by atoms with Gasteiger partial charge < -0.3 is 10.1 Å². The number of hydrogen-bond donors (Lipinski definition) is 2. The third-order valence-corrected chi connectivity index (χ3v) is 3.58. The monoisotopic (exact) mass is 320 g/mol. The van der Waals surface area contributed by atoms with Crippen molar-refractivity contribution in [3.63, 3.8) is 0 Å². The Labute approximate surface area is 133 Å². The lowest BCUT2D eigenvalue weighted by atomic mass is 10.1. The summed E-state index contributed by atoms with van der Waals surface area (Å²) < 4.78 is 5.66. The van der Waals surface area contributed by atoms with Crippen molar-refractivity contribution in [1.82, 2.24) is 15.5 Å². The lowest BCUT2D eigenvalue weighted by Gasteiger charge is -2.16. The van der Waals surface area contributed by atoms with Gasteiger partial charge in [-0.1, -0.05) is 23.5 Å². The second-order valence-corrected chi connectivity index (χ2v) is 6.37. The van der Waals surface area contributed by atoms with Crippen molar-refractivity contribution in [3.05, 3.63) is 34.8 Å². The number of urea groups is 1. The van der Waals surface area contributed by atoms with Crippen molar-refractivity contribution < 1.29 is 9.53 Å². The van der Waals surface area contributed by atoms with Crippen LogP contribution in [-0.4, -0.2) is 22.3 Å². The van der Waals surface area contributed by atoms with E-state index in [0.29, 0.717) is 5.13 Å². The zero-order chi connectivity index (χ0) is 16.1. The minimum atomic E-state index is -0.307. The van der Waals surface area contributed by atoms with E-state index in [1.54, 1.807) is 0 Å². The van der Waals surface area contributed by atoms with Crippen LogP contribution < -0.4 is 15.4 Å². The van der Waals surface area contributed by atoms with E-state index in [-0.39, 0.29) is 18.2 Å². The van der Waals surface area contributed by atoms with Crippen molar-refractivity contribution in [2.45, 2.75) is 39.8 Å². The molecule has 1 aromatic carbocycles. The van der Waals surface area contributed by atoms with Crippen LogP contribution in [0.15, 0.2) is 24.3 Å². The maximum atomic E-state index is 12.0. The molecule has 0 saturated heterocycles. The average Bonchev–Trinajstić information content (AvgIpc) is 2.83. The van der Waals surface area contributed by atoms with Gasteiger partial charge in [0.15, 0.2) is 0 Å². The number of benzene rings is 1. The van der Waals surface area contributed by atoms with Crippen LogP contribution in [0.4, 0.5) is 9.93 Å². The summed E-state index contributed by atoms with van der Waals surface area (Å²) in [4.78, 5) is 12.0. The first-order chi connectivity index (χ1) is 10.4. The molecule has 1 heterocycles. The third kappa shape index (κ3) is 4.70. The molecule has 0 aliphatic carbocycles. The van der Waals surface area contributed by atoms with Gasteiger partial charge in [-0.3, -0.25) is 5.32 Å². The average molecular weight is 320 g/mol. The van der Waals surface area contributed by atoms with Gasteiger partial charge in [-0.2, -0.15) is 0 Å². The predicted octanol–water partition coefficient (Wildman–Crippen LogP) is 3.52. The van der Waals surface area contributed by atoms with Gasteiger partial charge in [0.25, 0.3) is 0 Å². The molecule has 0 radical (unpaired) electrons. The van der Waals surface area contributed by atoms with Gasteiger partial charge in [0, 0.05) is 0 Å². The summed E-state index contributed by atoms with van der Waals surface area (Å²) in [6.07, 6.45) is 0.113. The summed E-state index contributed by atoms with van der Waals surface area (Å²) in [5, 5.41) is 14.5. The van der Waals surface area contributed by atoms with Crippen LogP contribution in [0, 0.1) is 6.92 Å². The number of carbonyl (C=O) groups is 1. The molecule has 2 rings (SSSR count). The lowest BCUT2D eigenvalue weighted by Crippen LogP contribution is -2.31. The molecule has 0 aliphatic heterocycles. The van der Waals surface area contributed by atoms with Crippen molar-refractivity contribution in [3.8, 4) is 5.75 Å². The first-order valence-corrected chi connectivity index (χ1v) is 7.90. The molecule has 1 aromatic heterocycles. The Morgan fingerprint density at radius 2 is 2.05 bits per heavy atom. The molecule has 2 amide bonds. The Morgan fingerprint density at radius 3 is 2.68 bits per heavy atom. The molecule has 22 heavy (non-hydrogen) atoms. The van der Waals surface area contributed by atoms with Gasteiger partial charge in [-0.15, -0.1) is 10.2 Å². The Kier molecular flexibility index (Phi) is 5.32. The first kappa shape index (κ1) is 16.2. The zero-order valence-corrected chi connectivity index (χ0v) is 13.9. The van der Waals surface area contributed by atoms with Crippen molar-refractivity contribution in [2.24, 2.45) is 0 Å². The van der Waals surface area contributed by atoms with Gasteiger partial charge in [-0.05, 0) is 45.4 Å². The van der Waals surface area contributed by atoms with E-state index in [9.17, 15) is 4.79 Å². The molecule has 1 atom stereocenters. The lowest BCUT2D eigenvalue weighted by molar-refractivity contribution is 0.241. The maximum Gasteiger partial charge on any atom is 0.321 e. The standard InChI is InChI=1S/C15H20N4O2S/c1-9(2)21-13-7-5-6-12(8-13)10(3)16-14(20)17-15-19-18-11(4)22-15/h5-10H,1-4H3,(H2,16,17,19,20)/t10-/m0/s1. The number of amides is 2. The van der Waals surface area contributed by atoms with Crippen molar-refractivity contribution in [1.29, 1.82) is 0 Å². The van der Waals surface area contributed by atoms with E-state index in [4.69, 9.17) is 4.74 Å². The molecule has 6 nitrogen and oxygen atoms in total. The maximum absolute atomic E-state index is 12.0. The van der Waals surface area contributed by atoms with Gasteiger partial charge >= 0.3 is 6.03 Å². The number of ether oxygens (including phenoxy) is 1. The molecule has 0 fully saturated rings. The molecule has 2 N–H and O–H groups in total. The minimum Gasteiger partial charge on any atom is -0.491 e. The molecule has 7 heteroatoms. The van der Waals surface area contributed by atoms with E-state index in [0.717, 1.165) is 16.3 Å². The van der Waals surface area contributed by atoms with E-state index in [1.165, 1.54) is 11.3 Å². The third-order valence-electron chi connectivity index (χ3n) is 2.82. The number of hydrogen-bond acceptors (Lipinski definition) is 5. The van der Waals surface area contributed by atoms with Crippen LogP contribution in [0.1, 0.15) is 37.4 Å². The quantitative estimate of drug-likeness (QED) is 0.884. The summed E-state index contributed by atoms with van der Waals surface area (Å²) in [5.74, 6) is 0.793.